The van der Waals surface area contributed by atoms with Crippen LogP contribution in [0.1, 0.15) is 11.6 Å². The van der Waals surface area contributed by atoms with E-state index in [1.165, 1.54) is 0 Å². The summed E-state index contributed by atoms with van der Waals surface area (Å²) in [6.45, 7) is 1.75. The first-order valence-corrected chi connectivity index (χ1v) is 10.2. The number of halogens is 3. The second kappa shape index (κ2) is 9.30. The highest BCUT2D eigenvalue weighted by Crippen LogP contribution is 2.34. The van der Waals surface area contributed by atoms with E-state index in [0.717, 1.165) is 46.8 Å². The number of nitrogens with zero attached hydrogens (tertiary/aromatic N) is 5. The van der Waals surface area contributed by atoms with Crippen LogP contribution in [0, 0.1) is 0 Å². The molecule has 0 radical (unpaired) electrons. The van der Waals surface area contributed by atoms with Gasteiger partial charge in [0.2, 0.25) is 0 Å². The molecule has 1 aromatic carbocycles. The van der Waals surface area contributed by atoms with Crippen LogP contribution in [0.3, 0.4) is 0 Å². The third-order valence-corrected chi connectivity index (χ3v) is 5.20. The van der Waals surface area contributed by atoms with Gasteiger partial charge in [0.25, 0.3) is 0 Å². The van der Waals surface area contributed by atoms with Gasteiger partial charge in [-0.2, -0.15) is 13.2 Å². The number of anilines is 2. The van der Waals surface area contributed by atoms with Crippen molar-refractivity contribution in [2.75, 3.05) is 23.7 Å². The van der Waals surface area contributed by atoms with E-state index >= 15 is 0 Å². The van der Waals surface area contributed by atoms with Gasteiger partial charge in [-0.3, -0.25) is 9.97 Å². The van der Waals surface area contributed by atoms with Gasteiger partial charge in [-0.05, 0) is 30.3 Å². The number of fused-ring (bicyclic) bond motifs is 1. The first-order chi connectivity index (χ1) is 16.2. The number of aliphatic carboxylic acids is 1. The first kappa shape index (κ1) is 22.9. The van der Waals surface area contributed by atoms with E-state index in [1.54, 1.807) is 24.7 Å². The number of carboxylic acid groups (broad SMARTS) is 1. The Morgan fingerprint density at radius 1 is 1.00 bits per heavy atom. The molecule has 3 N–H and O–H groups in total. The van der Waals surface area contributed by atoms with Crippen molar-refractivity contribution in [2.24, 2.45) is 0 Å². The fourth-order valence-corrected chi connectivity index (χ4v) is 3.49. The Hall–Kier alpha value is -4.28. The lowest BCUT2D eigenvalue weighted by molar-refractivity contribution is -0.192. The van der Waals surface area contributed by atoms with Gasteiger partial charge < -0.3 is 15.7 Å². The number of pyridine rings is 2. The molecule has 0 unspecified atom stereocenters. The molecule has 1 fully saturated rings. The molecule has 0 atom stereocenters. The Morgan fingerprint density at radius 2 is 1.71 bits per heavy atom. The molecule has 1 saturated heterocycles. The van der Waals surface area contributed by atoms with Crippen molar-refractivity contribution in [3.8, 4) is 11.3 Å². The number of nitrogen functional groups attached to an aromatic ring is 1. The monoisotopic (exact) mass is 468 g/mol. The minimum atomic E-state index is -5.08. The molecule has 11 heteroatoms. The van der Waals surface area contributed by atoms with Gasteiger partial charge in [-0.15, -0.1) is 0 Å². The van der Waals surface area contributed by atoms with Crippen molar-refractivity contribution in [2.45, 2.75) is 12.1 Å². The fourth-order valence-electron chi connectivity index (χ4n) is 3.49. The normalized spacial score (nSPS) is 13.7. The number of para-hydroxylation sites is 1. The summed E-state index contributed by atoms with van der Waals surface area (Å²) in [5.74, 6) is -0.932. The van der Waals surface area contributed by atoms with Crippen molar-refractivity contribution < 1.29 is 23.1 Å². The van der Waals surface area contributed by atoms with Crippen LogP contribution in [-0.2, 0) is 4.79 Å². The molecule has 0 spiro atoms. The first-order valence-electron chi connectivity index (χ1n) is 10.2. The summed E-state index contributed by atoms with van der Waals surface area (Å²) in [6.07, 6.45) is 0.140. The second-order valence-corrected chi connectivity index (χ2v) is 7.53. The molecule has 1 aliphatic heterocycles. The lowest BCUT2D eigenvalue weighted by Gasteiger charge is -2.40. The van der Waals surface area contributed by atoms with E-state index in [-0.39, 0.29) is 0 Å². The van der Waals surface area contributed by atoms with Crippen LogP contribution in [0.5, 0.6) is 0 Å². The molecule has 0 amide bonds. The lowest BCUT2D eigenvalue weighted by Crippen LogP contribution is -2.46. The minimum Gasteiger partial charge on any atom is -0.475 e. The number of hydrogen-bond donors (Lipinski definition) is 2. The minimum absolute atomic E-state index is 0.319. The molecule has 0 aliphatic carbocycles. The maximum Gasteiger partial charge on any atom is 0.490 e. The average molecular weight is 468 g/mol. The van der Waals surface area contributed by atoms with Crippen molar-refractivity contribution in [1.29, 1.82) is 0 Å². The Bertz CT molecular complexity index is 1310. The van der Waals surface area contributed by atoms with Gasteiger partial charge in [0.15, 0.2) is 0 Å². The predicted octanol–water partition coefficient (Wildman–Crippen LogP) is 3.91. The summed E-state index contributed by atoms with van der Waals surface area (Å²) < 4.78 is 31.7. The molecule has 0 saturated carbocycles. The highest BCUT2D eigenvalue weighted by atomic mass is 19.4. The number of carboxylic acids is 1. The standard InChI is InChI=1S/C21H18N6.C2HF3O2/c22-18-7-5-15(11-25-18)20-21(24-10-9-23-20)16-12-27(13-16)19-8-6-14-3-1-2-4-17(14)26-19;3-2(4,5)1(6)7/h1-11,16H,12-13H2,(H2,22,25);(H,6,7). The molecule has 8 nitrogen and oxygen atoms in total. The molecule has 3 aromatic heterocycles. The van der Waals surface area contributed by atoms with Crippen LogP contribution >= 0.6 is 0 Å². The van der Waals surface area contributed by atoms with Gasteiger partial charge in [0.1, 0.15) is 11.6 Å². The summed E-state index contributed by atoms with van der Waals surface area (Å²) in [5, 5.41) is 8.28. The molecule has 174 valence electrons. The van der Waals surface area contributed by atoms with Gasteiger partial charge in [0.05, 0.1) is 16.9 Å². The molecule has 34 heavy (non-hydrogen) atoms. The summed E-state index contributed by atoms with van der Waals surface area (Å²) in [7, 11) is 0. The number of alkyl halides is 3. The number of aromatic nitrogens is 4. The highest BCUT2D eigenvalue weighted by Gasteiger charge is 2.38. The smallest absolute Gasteiger partial charge is 0.475 e. The van der Waals surface area contributed by atoms with E-state index in [1.807, 2.05) is 24.3 Å². The maximum atomic E-state index is 10.6. The van der Waals surface area contributed by atoms with Gasteiger partial charge in [0, 0.05) is 48.5 Å². The Morgan fingerprint density at radius 3 is 2.38 bits per heavy atom. The van der Waals surface area contributed by atoms with Crippen molar-refractivity contribution in [1.82, 2.24) is 19.9 Å². The zero-order chi connectivity index (χ0) is 24.3. The van der Waals surface area contributed by atoms with E-state index in [9.17, 15) is 13.2 Å². The fraction of sp³-hybridized carbons (Fsp3) is 0.174. The van der Waals surface area contributed by atoms with Gasteiger partial charge >= 0.3 is 12.1 Å². The van der Waals surface area contributed by atoms with Crippen molar-refractivity contribution >= 4 is 28.5 Å². The molecule has 1 aliphatic rings. The molecular formula is C23H19F3N6O2. The Labute approximate surface area is 191 Å². The third kappa shape index (κ3) is 5.03. The number of carbonyl (C=O) groups is 1. The predicted molar refractivity (Wildman–Crippen MR) is 120 cm³/mol. The summed E-state index contributed by atoms with van der Waals surface area (Å²) in [5.41, 5.74) is 9.54. The second-order valence-electron chi connectivity index (χ2n) is 7.53. The van der Waals surface area contributed by atoms with Crippen LogP contribution in [0.4, 0.5) is 24.8 Å². The molecule has 4 aromatic rings. The van der Waals surface area contributed by atoms with Crippen LogP contribution in [-0.4, -0.2) is 50.3 Å². The Balaban J connectivity index is 0.000000344. The van der Waals surface area contributed by atoms with Crippen molar-refractivity contribution in [3.63, 3.8) is 0 Å². The van der Waals surface area contributed by atoms with Crippen LogP contribution < -0.4 is 10.6 Å². The summed E-state index contributed by atoms with van der Waals surface area (Å²) >= 11 is 0. The quantitative estimate of drug-likeness (QED) is 0.465. The van der Waals surface area contributed by atoms with Gasteiger partial charge in [-0.25, -0.2) is 14.8 Å². The Kier molecular flexibility index (Phi) is 6.26. The van der Waals surface area contributed by atoms with Crippen LogP contribution in [0.25, 0.3) is 22.2 Å². The maximum absolute atomic E-state index is 10.6. The number of rotatable bonds is 3. The van der Waals surface area contributed by atoms with E-state index in [0.29, 0.717) is 11.7 Å². The molecule has 5 rings (SSSR count). The van der Waals surface area contributed by atoms with Crippen LogP contribution in [0.15, 0.2) is 67.1 Å². The van der Waals surface area contributed by atoms with E-state index in [2.05, 4.69) is 38.1 Å². The zero-order valence-electron chi connectivity index (χ0n) is 17.6. The lowest BCUT2D eigenvalue weighted by atomic mass is 9.92. The molecule has 0 bridgehead atoms. The van der Waals surface area contributed by atoms with Crippen LogP contribution in [0.2, 0.25) is 0 Å². The third-order valence-electron chi connectivity index (χ3n) is 5.20. The van der Waals surface area contributed by atoms with Crippen molar-refractivity contribution in [3.05, 3.63) is 72.8 Å². The highest BCUT2D eigenvalue weighted by molar-refractivity contribution is 5.80. The molecular weight excluding hydrogens is 449 g/mol. The van der Waals surface area contributed by atoms with E-state index < -0.39 is 12.1 Å². The average Bonchev–Trinajstić information content (AvgIpc) is 2.79. The summed E-state index contributed by atoms with van der Waals surface area (Å²) in [6, 6.07) is 16.1. The number of hydrogen-bond acceptors (Lipinski definition) is 7. The largest absolute Gasteiger partial charge is 0.490 e. The molecule has 4 heterocycles. The number of benzene rings is 1. The zero-order valence-corrected chi connectivity index (χ0v) is 17.6. The summed E-state index contributed by atoms with van der Waals surface area (Å²) in [4.78, 5) is 29.3. The van der Waals surface area contributed by atoms with Gasteiger partial charge in [-0.1, -0.05) is 18.2 Å². The van der Waals surface area contributed by atoms with E-state index in [4.69, 9.17) is 20.6 Å². The SMILES string of the molecule is Nc1ccc(-c2nccnc2C2CN(c3ccc4ccccc4n3)C2)cn1.O=C(O)C(F)(F)F. The topological polar surface area (TPSA) is 118 Å². The number of nitrogens with two attached hydrogens (primary N) is 1.